The lowest BCUT2D eigenvalue weighted by atomic mass is 9.93. The van der Waals surface area contributed by atoms with Gasteiger partial charge in [0, 0.05) is 50.2 Å². The van der Waals surface area contributed by atoms with E-state index in [1.165, 1.54) is 16.2 Å². The molecule has 0 spiro atoms. The normalized spacial score (nSPS) is 16.6. The highest BCUT2D eigenvalue weighted by Gasteiger charge is 2.42. The van der Waals surface area contributed by atoms with Gasteiger partial charge in [-0.2, -0.15) is 0 Å². The summed E-state index contributed by atoms with van der Waals surface area (Å²) < 4.78 is 0. The lowest BCUT2D eigenvalue weighted by Crippen LogP contribution is -2.44. The molecule has 0 unspecified atom stereocenters. The van der Waals surface area contributed by atoms with Crippen LogP contribution in [0, 0.1) is 5.92 Å². The molecule has 1 fully saturated rings. The number of fused-ring (bicyclic) bond motifs is 1. The van der Waals surface area contributed by atoms with Crippen molar-refractivity contribution < 1.29 is 14.4 Å². The molecule has 0 aliphatic carbocycles. The number of hydrogen-bond donors (Lipinski definition) is 0. The predicted molar refractivity (Wildman–Crippen MR) is 153 cm³/mol. The third-order valence-corrected chi connectivity index (χ3v) is 8.60. The molecule has 5 rings (SSSR count). The summed E-state index contributed by atoms with van der Waals surface area (Å²) in [6.07, 6.45) is 3.10. The Labute approximate surface area is 233 Å². The van der Waals surface area contributed by atoms with E-state index < -0.39 is 6.04 Å². The number of piperidine rings is 1. The average Bonchev–Trinajstić information content (AvgIpc) is 3.58. The average molecular weight is 546 g/mol. The topological polar surface area (TPSA) is 77.1 Å². The molecule has 3 aromatic rings. The van der Waals surface area contributed by atoms with Crippen molar-refractivity contribution in [1.82, 2.24) is 19.7 Å². The van der Waals surface area contributed by atoms with E-state index in [1.807, 2.05) is 61.6 Å². The maximum Gasteiger partial charge on any atom is 0.264 e. The number of benzene rings is 2. The van der Waals surface area contributed by atoms with Crippen LogP contribution >= 0.6 is 11.3 Å². The highest BCUT2D eigenvalue weighted by atomic mass is 32.1. The third-order valence-electron chi connectivity index (χ3n) is 7.65. The Morgan fingerprint density at radius 1 is 1.03 bits per heavy atom. The molecule has 0 bridgehead atoms. The number of aromatic nitrogens is 1. The predicted octanol–water partition coefficient (Wildman–Crippen LogP) is 4.31. The highest BCUT2D eigenvalue weighted by Crippen LogP contribution is 2.38. The molecule has 2 aliphatic rings. The van der Waals surface area contributed by atoms with Crippen molar-refractivity contribution in [1.29, 1.82) is 0 Å². The smallest absolute Gasteiger partial charge is 0.264 e. The van der Waals surface area contributed by atoms with Crippen molar-refractivity contribution in [3.63, 3.8) is 0 Å². The number of carbonyl (C=O) groups is 3. The van der Waals surface area contributed by atoms with Crippen LogP contribution in [-0.4, -0.2) is 77.7 Å². The Morgan fingerprint density at radius 3 is 2.44 bits per heavy atom. The second kappa shape index (κ2) is 11.7. The maximum atomic E-state index is 13.6. The van der Waals surface area contributed by atoms with Crippen LogP contribution in [-0.2, 0) is 11.3 Å². The number of anilines is 1. The fourth-order valence-electron chi connectivity index (χ4n) is 5.47. The van der Waals surface area contributed by atoms with Crippen molar-refractivity contribution in [3.8, 4) is 0 Å². The molecule has 1 aromatic heterocycles. The molecular weight excluding hydrogens is 510 g/mol. The molecule has 204 valence electrons. The molecule has 1 atom stereocenters. The van der Waals surface area contributed by atoms with Crippen molar-refractivity contribution in [2.24, 2.45) is 5.92 Å². The Balaban J connectivity index is 1.29. The van der Waals surface area contributed by atoms with Crippen molar-refractivity contribution in [2.75, 3.05) is 45.2 Å². The van der Waals surface area contributed by atoms with Gasteiger partial charge in [0.2, 0.25) is 5.91 Å². The van der Waals surface area contributed by atoms with Crippen LogP contribution < -0.4 is 4.90 Å². The minimum absolute atomic E-state index is 0.0670. The number of amides is 3. The summed E-state index contributed by atoms with van der Waals surface area (Å²) in [5.74, 6) is -0.428. The third kappa shape index (κ3) is 5.60. The zero-order valence-electron chi connectivity index (χ0n) is 22.7. The Hall–Kier alpha value is -3.56. The quantitative estimate of drug-likeness (QED) is 0.373. The zero-order chi connectivity index (χ0) is 27.5. The van der Waals surface area contributed by atoms with Crippen LogP contribution in [0.4, 0.5) is 5.69 Å². The fraction of sp³-hybridized carbons (Fsp3) is 0.400. The van der Waals surface area contributed by atoms with Gasteiger partial charge in [0.15, 0.2) is 0 Å². The van der Waals surface area contributed by atoms with Gasteiger partial charge in [-0.05, 0) is 51.6 Å². The Bertz CT molecular complexity index is 1320. The van der Waals surface area contributed by atoms with Crippen LogP contribution in [0.3, 0.4) is 0 Å². The Kier molecular flexibility index (Phi) is 8.09. The molecule has 8 nitrogen and oxygen atoms in total. The molecular formula is C30H35N5O3S. The van der Waals surface area contributed by atoms with Crippen LogP contribution in [0.15, 0.2) is 60.1 Å². The first-order chi connectivity index (χ1) is 18.8. The number of imide groups is 1. The molecule has 0 N–H and O–H groups in total. The molecule has 0 saturated carbocycles. The molecule has 39 heavy (non-hydrogen) atoms. The van der Waals surface area contributed by atoms with E-state index in [2.05, 4.69) is 26.9 Å². The lowest BCUT2D eigenvalue weighted by molar-refractivity contribution is -0.137. The molecule has 1 saturated heterocycles. The maximum absolute atomic E-state index is 13.6. The minimum Gasteiger partial charge on any atom is -0.371 e. The molecule has 2 aromatic carbocycles. The molecule has 0 radical (unpaired) electrons. The van der Waals surface area contributed by atoms with Crippen molar-refractivity contribution in [2.45, 2.75) is 32.4 Å². The van der Waals surface area contributed by atoms with Crippen LogP contribution in [0.1, 0.15) is 57.1 Å². The highest BCUT2D eigenvalue weighted by molar-refractivity contribution is 7.09. The summed E-state index contributed by atoms with van der Waals surface area (Å²) in [5.41, 5.74) is 2.81. The molecule has 2 aliphatic heterocycles. The van der Waals surface area contributed by atoms with Gasteiger partial charge < -0.3 is 14.7 Å². The van der Waals surface area contributed by atoms with Gasteiger partial charge in [0.25, 0.3) is 11.8 Å². The first-order valence-electron chi connectivity index (χ1n) is 13.5. The van der Waals surface area contributed by atoms with Gasteiger partial charge in [-0.15, -0.1) is 11.3 Å². The van der Waals surface area contributed by atoms with E-state index in [1.54, 1.807) is 12.3 Å². The summed E-state index contributed by atoms with van der Waals surface area (Å²) in [5, 5.41) is 2.59. The van der Waals surface area contributed by atoms with E-state index >= 15 is 0 Å². The number of rotatable bonds is 9. The zero-order valence-corrected chi connectivity index (χ0v) is 23.6. The van der Waals surface area contributed by atoms with E-state index in [9.17, 15) is 14.4 Å². The monoisotopic (exact) mass is 545 g/mol. The number of thiazole rings is 1. The minimum atomic E-state index is -0.425. The first kappa shape index (κ1) is 27.0. The van der Waals surface area contributed by atoms with E-state index in [0.29, 0.717) is 50.1 Å². The number of carbonyl (C=O) groups excluding carboxylic acids is 3. The van der Waals surface area contributed by atoms with E-state index in [-0.39, 0.29) is 23.6 Å². The number of nitrogens with zero attached hydrogens (tertiary/aromatic N) is 5. The summed E-state index contributed by atoms with van der Waals surface area (Å²) in [7, 11) is 4.04. The summed E-state index contributed by atoms with van der Waals surface area (Å²) in [6.45, 7) is 5.24. The fourth-order valence-corrected chi connectivity index (χ4v) is 6.15. The Morgan fingerprint density at radius 2 is 1.77 bits per heavy atom. The van der Waals surface area contributed by atoms with Gasteiger partial charge in [0.1, 0.15) is 5.01 Å². The van der Waals surface area contributed by atoms with Crippen molar-refractivity contribution >= 4 is 34.7 Å². The van der Waals surface area contributed by atoms with E-state index in [0.717, 1.165) is 22.8 Å². The molecule has 3 heterocycles. The van der Waals surface area contributed by atoms with Crippen LogP contribution in [0.25, 0.3) is 0 Å². The van der Waals surface area contributed by atoms with Crippen LogP contribution in [0.5, 0.6) is 0 Å². The second-order valence-corrected chi connectivity index (χ2v) is 11.5. The number of likely N-dealkylation sites (N-methyl/N-ethyl adjacent to an activating group) is 1. The lowest BCUT2D eigenvalue weighted by Gasteiger charge is -2.36. The molecule has 9 heteroatoms. The van der Waals surface area contributed by atoms with Gasteiger partial charge in [-0.3, -0.25) is 19.3 Å². The summed E-state index contributed by atoms with van der Waals surface area (Å²) >= 11 is 1.44. The van der Waals surface area contributed by atoms with Crippen molar-refractivity contribution in [3.05, 3.63) is 81.8 Å². The second-order valence-electron chi connectivity index (χ2n) is 10.5. The van der Waals surface area contributed by atoms with Gasteiger partial charge >= 0.3 is 0 Å². The summed E-state index contributed by atoms with van der Waals surface area (Å²) in [6, 6.07) is 15.2. The van der Waals surface area contributed by atoms with Gasteiger partial charge in [-0.1, -0.05) is 36.4 Å². The van der Waals surface area contributed by atoms with Gasteiger partial charge in [-0.25, -0.2) is 4.98 Å². The van der Waals surface area contributed by atoms with Crippen LogP contribution in [0.2, 0.25) is 0 Å². The first-order valence-corrected chi connectivity index (χ1v) is 14.4. The number of hydrogen-bond acceptors (Lipinski definition) is 7. The summed E-state index contributed by atoms with van der Waals surface area (Å²) in [4.78, 5) is 52.4. The van der Waals surface area contributed by atoms with Gasteiger partial charge in [0.05, 0.1) is 22.9 Å². The standard InChI is InChI=1S/C30H35N5O3S/c1-21(27-31-14-19-39-27)35-29(37)24-10-7-11-25(26(24)30(35)38)33-15-12-23(13-16-33)28(36)34(18-17-32(2)3)20-22-8-5-4-6-9-22/h4-11,14,19,21,23H,12-13,15-18,20H2,1-3H3/t21-/m1/s1. The molecule has 3 amide bonds. The SMILES string of the molecule is C[C@H](c1nccs1)N1C(=O)c2cccc(N3CCC(C(=O)N(CCN(C)C)Cc4ccccc4)CC3)c2C1=O. The van der Waals surface area contributed by atoms with E-state index in [4.69, 9.17) is 0 Å². The largest absolute Gasteiger partial charge is 0.371 e.